The van der Waals surface area contributed by atoms with Gasteiger partial charge in [0.25, 0.3) is 0 Å². The Morgan fingerprint density at radius 3 is 2.75 bits per heavy atom. The van der Waals surface area contributed by atoms with E-state index >= 15 is 0 Å². The number of nitrogen functional groups attached to an aromatic ring is 1. The van der Waals surface area contributed by atoms with Crippen LogP contribution in [-0.2, 0) is 4.79 Å². The molecule has 62 valence electrons. The molecule has 0 aliphatic rings. The fraction of sp³-hybridized carbons (Fsp3) is 0. The van der Waals surface area contributed by atoms with Crippen LogP contribution in [0.4, 0.5) is 5.69 Å². The molecule has 0 spiro atoms. The predicted octanol–water partition coefficient (Wildman–Crippen LogP) is 1.19. The zero-order chi connectivity index (χ0) is 8.97. The van der Waals surface area contributed by atoms with Crippen LogP contribution in [-0.4, -0.2) is 11.4 Å². The molecular weight excluding hydrogens is 154 g/mol. The summed E-state index contributed by atoms with van der Waals surface area (Å²) in [6, 6.07) is 4.59. The Bertz CT molecular complexity index is 318. The van der Waals surface area contributed by atoms with Crippen molar-refractivity contribution in [1.82, 2.24) is 0 Å². The highest BCUT2D eigenvalue weighted by Gasteiger charge is 1.94. The summed E-state index contributed by atoms with van der Waals surface area (Å²) in [7, 11) is 0. The van der Waals surface area contributed by atoms with Gasteiger partial charge in [-0.05, 0) is 29.8 Å². The average molecular weight is 163 g/mol. The molecule has 0 aliphatic heterocycles. The van der Waals surface area contributed by atoms with Gasteiger partial charge in [0.05, 0.1) is 0 Å². The third kappa shape index (κ3) is 1.85. The Morgan fingerprint density at radius 1 is 1.42 bits per heavy atom. The maximum atomic E-state index is 9.98. The van der Waals surface area contributed by atoms with Gasteiger partial charge in [-0.3, -0.25) is 4.79 Å². The smallest absolute Gasteiger partial charge is 0.142 e. The lowest BCUT2D eigenvalue weighted by atomic mass is 10.1. The molecule has 0 aromatic heterocycles. The van der Waals surface area contributed by atoms with Crippen molar-refractivity contribution < 1.29 is 9.90 Å². The van der Waals surface area contributed by atoms with Gasteiger partial charge in [-0.25, -0.2) is 0 Å². The van der Waals surface area contributed by atoms with Crippen molar-refractivity contribution in [2.45, 2.75) is 0 Å². The SMILES string of the molecule is Nc1cc(O)ccc1C=CC=O. The fourth-order valence-corrected chi connectivity index (χ4v) is 0.857. The number of hydrogen-bond donors (Lipinski definition) is 2. The molecule has 0 heterocycles. The second kappa shape index (κ2) is 3.57. The van der Waals surface area contributed by atoms with Crippen LogP contribution in [0.2, 0.25) is 0 Å². The van der Waals surface area contributed by atoms with E-state index in [9.17, 15) is 4.79 Å². The van der Waals surface area contributed by atoms with Crippen molar-refractivity contribution in [2.24, 2.45) is 0 Å². The van der Waals surface area contributed by atoms with Crippen LogP contribution in [0.15, 0.2) is 24.3 Å². The number of carbonyl (C=O) groups excluding carboxylic acids is 1. The second-order valence-corrected chi connectivity index (χ2v) is 2.31. The minimum absolute atomic E-state index is 0.121. The third-order valence-electron chi connectivity index (χ3n) is 1.42. The van der Waals surface area contributed by atoms with Crippen molar-refractivity contribution in [1.29, 1.82) is 0 Å². The fourth-order valence-electron chi connectivity index (χ4n) is 0.857. The van der Waals surface area contributed by atoms with Crippen LogP contribution < -0.4 is 5.73 Å². The number of carbonyl (C=O) groups is 1. The van der Waals surface area contributed by atoms with Gasteiger partial charge in [0.1, 0.15) is 12.0 Å². The summed E-state index contributed by atoms with van der Waals surface area (Å²) in [5, 5.41) is 8.99. The summed E-state index contributed by atoms with van der Waals surface area (Å²) in [5.74, 6) is 0.121. The highest BCUT2D eigenvalue weighted by atomic mass is 16.3. The normalized spacial score (nSPS) is 10.3. The van der Waals surface area contributed by atoms with Crippen molar-refractivity contribution in [2.75, 3.05) is 5.73 Å². The molecule has 0 unspecified atom stereocenters. The van der Waals surface area contributed by atoms with Gasteiger partial charge in [-0.15, -0.1) is 0 Å². The van der Waals surface area contributed by atoms with Crippen LogP contribution >= 0.6 is 0 Å². The number of phenolic OH excluding ortho intramolecular Hbond substituents is 1. The number of nitrogens with two attached hydrogens (primary N) is 1. The number of phenols is 1. The first-order chi connectivity index (χ1) is 5.74. The largest absolute Gasteiger partial charge is 0.508 e. The molecule has 3 nitrogen and oxygen atoms in total. The number of rotatable bonds is 2. The molecule has 0 atom stereocenters. The Balaban J connectivity index is 3.01. The lowest BCUT2D eigenvalue weighted by Crippen LogP contribution is -1.87. The van der Waals surface area contributed by atoms with E-state index in [0.29, 0.717) is 12.0 Å². The van der Waals surface area contributed by atoms with E-state index in [1.54, 1.807) is 12.1 Å². The van der Waals surface area contributed by atoms with Crippen molar-refractivity contribution in [3.63, 3.8) is 0 Å². The van der Waals surface area contributed by atoms with E-state index in [1.807, 2.05) is 0 Å². The minimum Gasteiger partial charge on any atom is -0.508 e. The monoisotopic (exact) mass is 163 g/mol. The molecule has 1 aromatic rings. The molecule has 1 rings (SSSR count). The van der Waals surface area contributed by atoms with Gasteiger partial charge in [-0.2, -0.15) is 0 Å². The third-order valence-corrected chi connectivity index (χ3v) is 1.42. The molecule has 0 radical (unpaired) electrons. The number of benzene rings is 1. The summed E-state index contributed by atoms with van der Waals surface area (Å²) >= 11 is 0. The molecule has 12 heavy (non-hydrogen) atoms. The maximum Gasteiger partial charge on any atom is 0.142 e. The van der Waals surface area contributed by atoms with Crippen LogP contribution in [0.3, 0.4) is 0 Å². The van der Waals surface area contributed by atoms with Gasteiger partial charge >= 0.3 is 0 Å². The van der Waals surface area contributed by atoms with E-state index < -0.39 is 0 Å². The van der Waals surface area contributed by atoms with Crippen LogP contribution in [0, 0.1) is 0 Å². The summed E-state index contributed by atoms with van der Waals surface area (Å²) in [6.07, 6.45) is 3.61. The van der Waals surface area contributed by atoms with E-state index in [1.165, 1.54) is 18.2 Å². The molecular formula is C9H9NO2. The molecule has 3 N–H and O–H groups in total. The summed E-state index contributed by atoms with van der Waals surface area (Å²) in [4.78, 5) is 9.98. The molecule has 0 saturated carbocycles. The van der Waals surface area contributed by atoms with Crippen LogP contribution in [0.5, 0.6) is 5.75 Å². The second-order valence-electron chi connectivity index (χ2n) is 2.31. The number of anilines is 1. The zero-order valence-electron chi connectivity index (χ0n) is 6.40. The Labute approximate surface area is 70.1 Å². The number of aldehydes is 1. The molecule has 0 fully saturated rings. The number of hydrogen-bond acceptors (Lipinski definition) is 3. The lowest BCUT2D eigenvalue weighted by molar-refractivity contribution is -0.104. The minimum atomic E-state index is 0.121. The Kier molecular flexibility index (Phi) is 2.48. The van der Waals surface area contributed by atoms with E-state index in [0.717, 1.165) is 5.56 Å². The van der Waals surface area contributed by atoms with Gasteiger partial charge in [0.15, 0.2) is 0 Å². The van der Waals surface area contributed by atoms with Crippen LogP contribution in [0.25, 0.3) is 6.08 Å². The van der Waals surface area contributed by atoms with Crippen molar-refractivity contribution in [3.8, 4) is 5.75 Å². The zero-order valence-corrected chi connectivity index (χ0v) is 6.40. The molecule has 0 bridgehead atoms. The number of aromatic hydroxyl groups is 1. The predicted molar refractivity (Wildman–Crippen MR) is 47.6 cm³/mol. The summed E-state index contributed by atoms with van der Waals surface area (Å²) in [6.45, 7) is 0. The van der Waals surface area contributed by atoms with Gasteiger partial charge < -0.3 is 10.8 Å². The molecule has 1 aromatic carbocycles. The molecule has 0 amide bonds. The topological polar surface area (TPSA) is 63.3 Å². The highest BCUT2D eigenvalue weighted by molar-refractivity contribution is 5.77. The molecule has 3 heteroatoms. The highest BCUT2D eigenvalue weighted by Crippen LogP contribution is 2.19. The van der Waals surface area contributed by atoms with Gasteiger partial charge in [0, 0.05) is 11.8 Å². The first-order valence-electron chi connectivity index (χ1n) is 3.44. The van der Waals surface area contributed by atoms with Gasteiger partial charge in [0.2, 0.25) is 0 Å². The Hall–Kier alpha value is -1.77. The quantitative estimate of drug-likeness (QED) is 0.391. The lowest BCUT2D eigenvalue weighted by Gasteiger charge is -1.99. The van der Waals surface area contributed by atoms with Crippen molar-refractivity contribution in [3.05, 3.63) is 29.8 Å². The average Bonchev–Trinajstić information content (AvgIpc) is 2.03. The molecule has 0 aliphatic carbocycles. The van der Waals surface area contributed by atoms with Gasteiger partial charge in [-0.1, -0.05) is 0 Å². The Morgan fingerprint density at radius 2 is 2.17 bits per heavy atom. The van der Waals surface area contributed by atoms with E-state index in [-0.39, 0.29) is 5.75 Å². The molecule has 0 saturated heterocycles. The maximum absolute atomic E-state index is 9.98. The first kappa shape index (κ1) is 8.33. The van der Waals surface area contributed by atoms with Crippen molar-refractivity contribution >= 4 is 18.0 Å². The standard InChI is InChI=1S/C9H9NO2/c10-9-6-8(12)4-3-7(9)2-1-5-11/h1-6,12H,10H2. The van der Waals surface area contributed by atoms with Crippen LogP contribution in [0.1, 0.15) is 5.56 Å². The van der Waals surface area contributed by atoms with E-state index in [2.05, 4.69) is 0 Å². The summed E-state index contributed by atoms with van der Waals surface area (Å²) in [5.41, 5.74) is 6.71. The summed E-state index contributed by atoms with van der Waals surface area (Å²) < 4.78 is 0. The number of allylic oxidation sites excluding steroid dienone is 1. The van der Waals surface area contributed by atoms with E-state index in [4.69, 9.17) is 10.8 Å². The first-order valence-corrected chi connectivity index (χ1v) is 3.44.